The zero-order valence-corrected chi connectivity index (χ0v) is 14.6. The van der Waals surface area contributed by atoms with Gasteiger partial charge < -0.3 is 5.32 Å². The van der Waals surface area contributed by atoms with Crippen LogP contribution in [0.15, 0.2) is 46.9 Å². The van der Waals surface area contributed by atoms with Gasteiger partial charge in [-0.3, -0.25) is 4.79 Å². The molecule has 0 saturated carbocycles. The van der Waals surface area contributed by atoms with Crippen LogP contribution in [0.4, 0.5) is 22.0 Å². The van der Waals surface area contributed by atoms with Gasteiger partial charge in [0.25, 0.3) is 11.8 Å². The van der Waals surface area contributed by atoms with Gasteiger partial charge in [0.05, 0.1) is 17.7 Å². The molecule has 0 aliphatic carbocycles. The van der Waals surface area contributed by atoms with E-state index < -0.39 is 35.7 Å². The molecule has 0 aromatic heterocycles. The molecular formula is C16H10BrClF5NO. The first-order chi connectivity index (χ1) is 11.5. The molecule has 2 aromatic rings. The second-order valence-corrected chi connectivity index (χ2v) is 6.35. The lowest BCUT2D eigenvalue weighted by molar-refractivity contribution is -0.141. The lowest BCUT2D eigenvalue weighted by atomic mass is 10.0. The monoisotopic (exact) mass is 441 g/mol. The van der Waals surface area contributed by atoms with Crippen molar-refractivity contribution in [2.75, 3.05) is 6.54 Å². The summed E-state index contributed by atoms with van der Waals surface area (Å²) in [5.74, 6) is -4.78. The number of carbonyl (C=O) groups is 1. The first-order valence-corrected chi connectivity index (χ1v) is 7.97. The quantitative estimate of drug-likeness (QED) is 0.610. The first kappa shape index (κ1) is 19.7. The van der Waals surface area contributed by atoms with Crippen LogP contribution in [0.1, 0.15) is 21.5 Å². The Bertz CT molecular complexity index is 794. The highest BCUT2D eigenvalue weighted by Crippen LogP contribution is 2.40. The third-order valence-corrected chi connectivity index (χ3v) is 4.20. The fourth-order valence-corrected chi connectivity index (χ4v) is 2.73. The van der Waals surface area contributed by atoms with E-state index in [1.54, 1.807) is 6.07 Å². The van der Waals surface area contributed by atoms with Gasteiger partial charge in [0.15, 0.2) is 0 Å². The Balaban J connectivity index is 2.25. The summed E-state index contributed by atoms with van der Waals surface area (Å²) in [6.07, 6.45) is -5.00. The minimum Gasteiger partial charge on any atom is -0.346 e. The Morgan fingerprint density at radius 3 is 2.28 bits per heavy atom. The van der Waals surface area contributed by atoms with Crippen LogP contribution >= 0.6 is 27.5 Å². The molecule has 1 amide bonds. The Morgan fingerprint density at radius 2 is 1.68 bits per heavy atom. The zero-order chi connectivity index (χ0) is 18.8. The second kappa shape index (κ2) is 7.29. The molecule has 0 atom stereocenters. The van der Waals surface area contributed by atoms with Crippen molar-refractivity contribution in [1.29, 1.82) is 0 Å². The molecule has 1 N–H and O–H groups in total. The molecule has 9 heteroatoms. The number of nitrogens with one attached hydrogen (secondary N) is 1. The topological polar surface area (TPSA) is 29.1 Å². The van der Waals surface area contributed by atoms with E-state index in [2.05, 4.69) is 15.9 Å². The van der Waals surface area contributed by atoms with Crippen LogP contribution in [0.5, 0.6) is 0 Å². The van der Waals surface area contributed by atoms with E-state index in [9.17, 15) is 26.7 Å². The molecule has 0 spiro atoms. The van der Waals surface area contributed by atoms with Crippen molar-refractivity contribution in [2.24, 2.45) is 0 Å². The average molecular weight is 443 g/mol. The smallest absolute Gasteiger partial charge is 0.346 e. The van der Waals surface area contributed by atoms with E-state index in [1.807, 2.05) is 5.32 Å². The maximum atomic E-state index is 14.3. The van der Waals surface area contributed by atoms with Crippen molar-refractivity contribution in [3.63, 3.8) is 0 Å². The summed E-state index contributed by atoms with van der Waals surface area (Å²) >= 11 is 8.57. The van der Waals surface area contributed by atoms with E-state index in [0.717, 1.165) is 6.07 Å². The molecule has 0 heterocycles. The van der Waals surface area contributed by atoms with E-state index >= 15 is 0 Å². The third kappa shape index (κ3) is 4.70. The molecule has 0 saturated heterocycles. The molecule has 134 valence electrons. The lowest BCUT2D eigenvalue weighted by Gasteiger charge is -2.22. The van der Waals surface area contributed by atoms with E-state index in [4.69, 9.17) is 11.6 Å². The maximum absolute atomic E-state index is 14.3. The Hall–Kier alpha value is -1.67. The van der Waals surface area contributed by atoms with Crippen LogP contribution in [-0.2, 0) is 12.1 Å². The van der Waals surface area contributed by atoms with Gasteiger partial charge in [-0.05, 0) is 40.2 Å². The Morgan fingerprint density at radius 1 is 1.04 bits per heavy atom. The molecule has 2 nitrogen and oxygen atoms in total. The highest BCUT2D eigenvalue weighted by molar-refractivity contribution is 9.10. The summed E-state index contributed by atoms with van der Waals surface area (Å²) in [5.41, 5.74) is -2.71. The van der Waals surface area contributed by atoms with Crippen molar-refractivity contribution in [2.45, 2.75) is 12.1 Å². The summed E-state index contributed by atoms with van der Waals surface area (Å²) < 4.78 is 67.9. The highest BCUT2D eigenvalue weighted by atomic mass is 79.9. The van der Waals surface area contributed by atoms with Crippen molar-refractivity contribution in [3.8, 4) is 0 Å². The predicted octanol–water partition coefficient (Wildman–Crippen LogP) is 5.64. The fraction of sp³-hybridized carbons (Fsp3) is 0.188. The van der Waals surface area contributed by atoms with Gasteiger partial charge >= 0.3 is 6.18 Å². The van der Waals surface area contributed by atoms with Crippen molar-refractivity contribution < 1.29 is 26.7 Å². The first-order valence-electron chi connectivity index (χ1n) is 6.80. The predicted molar refractivity (Wildman–Crippen MR) is 86.8 cm³/mol. The summed E-state index contributed by atoms with van der Waals surface area (Å²) in [7, 11) is 0. The maximum Gasteiger partial charge on any atom is 0.416 e. The number of alkyl halides is 5. The molecule has 0 aliphatic rings. The number of hydrogen-bond donors (Lipinski definition) is 1. The fourth-order valence-electron chi connectivity index (χ4n) is 2.10. The van der Waals surface area contributed by atoms with Gasteiger partial charge in [-0.25, -0.2) is 0 Å². The third-order valence-electron chi connectivity index (χ3n) is 3.27. The zero-order valence-electron chi connectivity index (χ0n) is 12.3. The minimum absolute atomic E-state index is 0.0884. The highest BCUT2D eigenvalue weighted by Gasteiger charge is 2.43. The molecule has 0 unspecified atom stereocenters. The van der Waals surface area contributed by atoms with Crippen molar-refractivity contribution in [3.05, 3.63) is 68.7 Å². The number of amides is 1. The van der Waals surface area contributed by atoms with Crippen LogP contribution in [0.3, 0.4) is 0 Å². The van der Waals surface area contributed by atoms with Gasteiger partial charge in [0.2, 0.25) is 0 Å². The lowest BCUT2D eigenvalue weighted by Crippen LogP contribution is -2.36. The summed E-state index contributed by atoms with van der Waals surface area (Å²) in [6.45, 7) is -1.29. The van der Waals surface area contributed by atoms with Crippen LogP contribution < -0.4 is 5.32 Å². The van der Waals surface area contributed by atoms with Crippen molar-refractivity contribution in [1.82, 2.24) is 5.32 Å². The normalized spacial score (nSPS) is 12.1. The van der Waals surface area contributed by atoms with Crippen LogP contribution in [-0.4, -0.2) is 12.5 Å². The van der Waals surface area contributed by atoms with Gasteiger partial charge in [0.1, 0.15) is 0 Å². The van der Waals surface area contributed by atoms with Crippen molar-refractivity contribution >= 4 is 33.4 Å². The van der Waals surface area contributed by atoms with E-state index in [0.29, 0.717) is 16.6 Å². The van der Waals surface area contributed by atoms with Crippen LogP contribution in [0, 0.1) is 0 Å². The molecule has 0 radical (unpaired) electrons. The van der Waals surface area contributed by atoms with E-state index in [-0.39, 0.29) is 10.6 Å². The average Bonchev–Trinajstić information content (AvgIpc) is 2.52. The molecule has 2 aromatic carbocycles. The van der Waals surface area contributed by atoms with Crippen LogP contribution in [0.25, 0.3) is 0 Å². The number of carbonyl (C=O) groups excluding carboxylic acids is 1. The Labute approximate surface area is 153 Å². The Kier molecular flexibility index (Phi) is 5.73. The molecule has 0 fully saturated rings. The standard InChI is InChI=1S/C16H10BrClF5NO/c17-13-4-2-1-3-10(13)14(25)24-8-15(19,20)11-6-5-9(18)7-12(11)16(21,22)23/h1-7H,8H2,(H,24,25). The minimum atomic E-state index is -5.00. The summed E-state index contributed by atoms with van der Waals surface area (Å²) in [5, 5.41) is 1.64. The van der Waals surface area contributed by atoms with Gasteiger partial charge in [-0.1, -0.05) is 29.8 Å². The summed E-state index contributed by atoms with van der Waals surface area (Å²) in [4.78, 5) is 12.0. The number of halogens is 7. The molecule has 0 bridgehead atoms. The molecule has 2 rings (SSSR count). The van der Waals surface area contributed by atoms with Gasteiger partial charge in [0, 0.05) is 15.1 Å². The SMILES string of the molecule is O=C(NCC(F)(F)c1ccc(Cl)cc1C(F)(F)F)c1ccccc1Br. The largest absolute Gasteiger partial charge is 0.416 e. The second-order valence-electron chi connectivity index (χ2n) is 5.05. The molecule has 0 aliphatic heterocycles. The molecular weight excluding hydrogens is 433 g/mol. The summed E-state index contributed by atoms with van der Waals surface area (Å²) in [6, 6.07) is 8.05. The number of hydrogen-bond acceptors (Lipinski definition) is 1. The molecule has 25 heavy (non-hydrogen) atoms. The van der Waals surface area contributed by atoms with Crippen LogP contribution in [0.2, 0.25) is 5.02 Å². The number of rotatable bonds is 4. The number of benzene rings is 2. The van der Waals surface area contributed by atoms with E-state index in [1.165, 1.54) is 18.2 Å². The van der Waals surface area contributed by atoms with Gasteiger partial charge in [-0.15, -0.1) is 0 Å². The van der Waals surface area contributed by atoms with Gasteiger partial charge in [-0.2, -0.15) is 22.0 Å².